The van der Waals surface area contributed by atoms with Crippen LogP contribution >= 0.6 is 11.3 Å². The Balaban J connectivity index is 1.38. The highest BCUT2D eigenvalue weighted by Crippen LogP contribution is 2.37. The molecule has 3 heterocycles. The summed E-state index contributed by atoms with van der Waals surface area (Å²) in [5, 5.41) is 10.8. The Morgan fingerprint density at radius 3 is 2.70 bits per heavy atom. The Morgan fingerprint density at radius 2 is 1.88 bits per heavy atom. The minimum absolute atomic E-state index is 0.0427. The highest BCUT2D eigenvalue weighted by molar-refractivity contribution is 7.17. The van der Waals surface area contributed by atoms with Crippen molar-refractivity contribution in [2.45, 2.75) is 19.3 Å². The molecule has 8 heteroatoms. The number of hydrogen-bond acceptors (Lipinski definition) is 5. The van der Waals surface area contributed by atoms with Crippen molar-refractivity contribution >= 4 is 39.7 Å². The largest absolute Gasteiger partial charge is 0.482 e. The van der Waals surface area contributed by atoms with Crippen molar-refractivity contribution in [3.05, 3.63) is 65.7 Å². The van der Waals surface area contributed by atoms with Crippen molar-refractivity contribution < 1.29 is 14.3 Å². The van der Waals surface area contributed by atoms with E-state index in [1.165, 1.54) is 11.3 Å². The van der Waals surface area contributed by atoms with Crippen molar-refractivity contribution in [1.29, 1.82) is 0 Å². The van der Waals surface area contributed by atoms with Crippen LogP contribution in [0.4, 0.5) is 5.69 Å². The van der Waals surface area contributed by atoms with Crippen molar-refractivity contribution in [3.8, 4) is 16.2 Å². The lowest BCUT2D eigenvalue weighted by molar-refractivity contribution is -0.134. The fraction of sp³-hybridized carbons (Fsp3) is 0.240. The molecule has 0 radical (unpaired) electrons. The van der Waals surface area contributed by atoms with Crippen molar-refractivity contribution in [2.24, 2.45) is 0 Å². The second-order valence-electron chi connectivity index (χ2n) is 8.03. The lowest BCUT2D eigenvalue weighted by Crippen LogP contribution is -2.38. The number of carbonyl (C=O) groups excluding carboxylic acids is 2. The first-order valence-electron chi connectivity index (χ1n) is 11.0. The van der Waals surface area contributed by atoms with Crippen LogP contribution in [-0.2, 0) is 4.79 Å². The van der Waals surface area contributed by atoms with E-state index in [-0.39, 0.29) is 18.4 Å². The number of benzene rings is 2. The third kappa shape index (κ3) is 4.75. The molecule has 2 N–H and O–H groups in total. The summed E-state index contributed by atoms with van der Waals surface area (Å²) in [4.78, 5) is 29.0. The van der Waals surface area contributed by atoms with Crippen LogP contribution in [0.15, 0.2) is 60.8 Å². The van der Waals surface area contributed by atoms with Gasteiger partial charge in [-0.1, -0.05) is 30.3 Å². The number of fused-ring (bicyclic) bond motifs is 1. The second kappa shape index (κ2) is 9.46. The van der Waals surface area contributed by atoms with Gasteiger partial charge < -0.3 is 15.0 Å². The van der Waals surface area contributed by atoms with Crippen LogP contribution in [0.3, 0.4) is 0 Å². The van der Waals surface area contributed by atoms with E-state index in [2.05, 4.69) is 15.5 Å². The SMILES string of the molecule is O=C(Nc1ccc2[nH]ncc2c1)c1sc(-c2ccccc2)cc1OCC(=O)N1CCCCC1. The van der Waals surface area contributed by atoms with E-state index < -0.39 is 0 Å². The zero-order valence-electron chi connectivity index (χ0n) is 18.0. The van der Waals surface area contributed by atoms with Crippen molar-refractivity contribution in [1.82, 2.24) is 15.1 Å². The van der Waals surface area contributed by atoms with Crippen molar-refractivity contribution in [2.75, 3.05) is 25.0 Å². The molecule has 1 aliphatic heterocycles. The molecule has 7 nitrogen and oxygen atoms in total. The molecule has 0 aliphatic carbocycles. The Bertz CT molecular complexity index is 1280. The number of rotatable bonds is 6. The van der Waals surface area contributed by atoms with Crippen LogP contribution in [0.1, 0.15) is 28.9 Å². The number of piperidine rings is 1. The molecule has 168 valence electrons. The van der Waals surface area contributed by atoms with E-state index in [9.17, 15) is 9.59 Å². The highest BCUT2D eigenvalue weighted by atomic mass is 32.1. The Hall–Kier alpha value is -3.65. The normalized spacial score (nSPS) is 13.8. The third-order valence-corrected chi connectivity index (χ3v) is 6.88. The number of thiophene rings is 1. The van der Waals surface area contributed by atoms with E-state index in [1.807, 2.05) is 59.5 Å². The number of ether oxygens (including phenoxy) is 1. The van der Waals surface area contributed by atoms with Crippen LogP contribution in [0.25, 0.3) is 21.3 Å². The number of H-pyrrole nitrogens is 1. The number of carbonyl (C=O) groups is 2. The van der Waals surface area contributed by atoms with Crippen molar-refractivity contribution in [3.63, 3.8) is 0 Å². The quantitative estimate of drug-likeness (QED) is 0.427. The van der Waals surface area contributed by atoms with Crippen LogP contribution in [0.2, 0.25) is 0 Å². The molecule has 0 bridgehead atoms. The summed E-state index contributed by atoms with van der Waals surface area (Å²) < 4.78 is 5.91. The van der Waals surface area contributed by atoms with Crippen LogP contribution in [-0.4, -0.2) is 46.6 Å². The molecule has 0 unspecified atom stereocenters. The van der Waals surface area contributed by atoms with Crippen LogP contribution in [0, 0.1) is 0 Å². The van der Waals surface area contributed by atoms with E-state index in [1.54, 1.807) is 6.20 Å². The average Bonchev–Trinajstić information content (AvgIpc) is 3.50. The zero-order chi connectivity index (χ0) is 22.6. The van der Waals surface area contributed by atoms with Gasteiger partial charge in [0.1, 0.15) is 10.6 Å². The molecule has 2 amide bonds. The fourth-order valence-electron chi connectivity index (χ4n) is 3.97. The standard InChI is InChI=1S/C25H24N4O3S/c30-23(29-11-5-2-6-12-29)16-32-21-14-22(17-7-3-1-4-8-17)33-24(21)25(31)27-19-9-10-20-18(13-19)15-26-28-20/h1,3-4,7-10,13-15H,2,5-6,11-12,16H2,(H,26,28)(H,27,31). The number of likely N-dealkylation sites (tertiary alicyclic amines) is 1. The second-order valence-corrected chi connectivity index (χ2v) is 9.08. The van der Waals surface area contributed by atoms with E-state index in [0.717, 1.165) is 53.7 Å². The maximum absolute atomic E-state index is 13.2. The first-order chi connectivity index (χ1) is 16.2. The van der Waals surface area contributed by atoms with Gasteiger partial charge >= 0.3 is 0 Å². The summed E-state index contributed by atoms with van der Waals surface area (Å²) in [7, 11) is 0. The molecule has 0 saturated carbocycles. The van der Waals surface area contributed by atoms with Gasteiger partial charge in [-0.05, 0) is 49.1 Å². The molecule has 0 spiro atoms. The Morgan fingerprint density at radius 1 is 1.06 bits per heavy atom. The summed E-state index contributed by atoms with van der Waals surface area (Å²) in [5.74, 6) is 0.107. The number of anilines is 1. The predicted molar refractivity (Wildman–Crippen MR) is 130 cm³/mol. The van der Waals surface area contributed by atoms with Crippen LogP contribution < -0.4 is 10.1 Å². The summed E-state index contributed by atoms with van der Waals surface area (Å²) >= 11 is 1.35. The minimum Gasteiger partial charge on any atom is -0.482 e. The number of amides is 2. The molecule has 1 aliphatic rings. The topological polar surface area (TPSA) is 87.3 Å². The Kier molecular flexibility index (Phi) is 6.08. The number of nitrogens with zero attached hydrogens (tertiary/aromatic N) is 2. The summed E-state index contributed by atoms with van der Waals surface area (Å²) in [5.41, 5.74) is 2.56. The van der Waals surface area contributed by atoms with Gasteiger partial charge in [-0.3, -0.25) is 14.7 Å². The molecule has 4 aromatic rings. The molecule has 33 heavy (non-hydrogen) atoms. The minimum atomic E-state index is -0.273. The molecule has 5 rings (SSSR count). The van der Waals surface area contributed by atoms with Gasteiger partial charge in [-0.25, -0.2) is 0 Å². The summed E-state index contributed by atoms with van der Waals surface area (Å²) in [6.07, 6.45) is 4.92. The van der Waals surface area contributed by atoms with Gasteiger partial charge in [0.2, 0.25) is 0 Å². The Labute approximate surface area is 195 Å². The monoisotopic (exact) mass is 460 g/mol. The lowest BCUT2D eigenvalue weighted by atomic mass is 10.1. The molecule has 1 fully saturated rings. The smallest absolute Gasteiger partial charge is 0.269 e. The summed E-state index contributed by atoms with van der Waals surface area (Å²) in [6.45, 7) is 1.46. The maximum Gasteiger partial charge on any atom is 0.269 e. The number of aromatic amines is 1. The molecular formula is C25H24N4O3S. The number of hydrogen-bond donors (Lipinski definition) is 2. The fourth-order valence-corrected chi connectivity index (χ4v) is 4.97. The van der Waals surface area contributed by atoms with Gasteiger partial charge in [0, 0.05) is 29.0 Å². The van der Waals surface area contributed by atoms with Crippen LogP contribution in [0.5, 0.6) is 5.75 Å². The number of aromatic nitrogens is 2. The lowest BCUT2D eigenvalue weighted by Gasteiger charge is -2.26. The van der Waals surface area contributed by atoms with Gasteiger partial charge in [-0.2, -0.15) is 5.10 Å². The highest BCUT2D eigenvalue weighted by Gasteiger charge is 2.22. The van der Waals surface area contributed by atoms with Gasteiger partial charge in [-0.15, -0.1) is 11.3 Å². The van der Waals surface area contributed by atoms with Gasteiger partial charge in [0.15, 0.2) is 6.61 Å². The van der Waals surface area contributed by atoms with E-state index in [4.69, 9.17) is 4.74 Å². The first kappa shape index (κ1) is 21.2. The van der Waals surface area contributed by atoms with Gasteiger partial charge in [0.05, 0.1) is 11.7 Å². The van der Waals surface area contributed by atoms with E-state index in [0.29, 0.717) is 16.3 Å². The predicted octanol–water partition coefficient (Wildman–Crippen LogP) is 4.94. The molecular weight excluding hydrogens is 436 g/mol. The maximum atomic E-state index is 13.2. The average molecular weight is 461 g/mol. The molecule has 2 aromatic heterocycles. The molecule has 1 saturated heterocycles. The molecule has 0 atom stereocenters. The number of nitrogens with one attached hydrogen (secondary N) is 2. The zero-order valence-corrected chi connectivity index (χ0v) is 18.9. The molecule has 2 aromatic carbocycles. The summed E-state index contributed by atoms with van der Waals surface area (Å²) in [6, 6.07) is 17.2. The first-order valence-corrected chi connectivity index (χ1v) is 11.8. The van der Waals surface area contributed by atoms with E-state index >= 15 is 0 Å². The van der Waals surface area contributed by atoms with Gasteiger partial charge in [0.25, 0.3) is 11.8 Å². The third-order valence-electron chi connectivity index (χ3n) is 5.72.